The lowest BCUT2D eigenvalue weighted by atomic mass is 9.98. The third kappa shape index (κ3) is 4.62. The van der Waals surface area contributed by atoms with Gasteiger partial charge in [0.25, 0.3) is 0 Å². The van der Waals surface area contributed by atoms with Crippen LogP contribution in [-0.4, -0.2) is 48.3 Å². The van der Waals surface area contributed by atoms with Gasteiger partial charge in [-0.3, -0.25) is 0 Å². The van der Waals surface area contributed by atoms with Crippen molar-refractivity contribution in [2.75, 3.05) is 26.3 Å². The van der Waals surface area contributed by atoms with E-state index in [1.54, 1.807) is 0 Å². The van der Waals surface area contributed by atoms with Gasteiger partial charge < -0.3 is 14.7 Å². The Morgan fingerprint density at radius 3 is 2.93 bits per heavy atom. The first-order valence-electron chi connectivity index (χ1n) is 5.63. The third-order valence-electron chi connectivity index (χ3n) is 2.86. The van der Waals surface area contributed by atoms with Gasteiger partial charge in [-0.2, -0.15) is 0 Å². The summed E-state index contributed by atoms with van der Waals surface area (Å²) in [7, 11) is 0. The molecule has 0 spiro atoms. The smallest absolute Gasteiger partial charge is 0.329 e. The lowest BCUT2D eigenvalue weighted by Gasteiger charge is -2.35. The van der Waals surface area contributed by atoms with Crippen LogP contribution < -0.4 is 0 Å². The number of aliphatic carboxylic acids is 1. The first-order valence-corrected chi connectivity index (χ1v) is 5.63. The number of nitrogens with zero attached hydrogens (tertiary/aromatic N) is 1. The van der Waals surface area contributed by atoms with Gasteiger partial charge in [-0.05, 0) is 39.2 Å². The molecule has 4 nitrogen and oxygen atoms in total. The van der Waals surface area contributed by atoms with Crippen LogP contribution in [0.25, 0.3) is 0 Å². The zero-order chi connectivity index (χ0) is 11.3. The molecule has 0 amide bonds. The Kier molecular flexibility index (Phi) is 5.05. The van der Waals surface area contributed by atoms with E-state index in [0.29, 0.717) is 18.6 Å². The Morgan fingerprint density at radius 1 is 1.60 bits per heavy atom. The minimum atomic E-state index is -0.883. The molecule has 1 atom stereocenters. The molecule has 88 valence electrons. The molecular formula is C11H21NO3. The van der Waals surface area contributed by atoms with E-state index in [-0.39, 0.29) is 6.61 Å². The third-order valence-corrected chi connectivity index (χ3v) is 2.86. The monoisotopic (exact) mass is 215 g/mol. The van der Waals surface area contributed by atoms with Gasteiger partial charge in [-0.15, -0.1) is 0 Å². The van der Waals surface area contributed by atoms with E-state index in [0.717, 1.165) is 19.5 Å². The maximum Gasteiger partial charge on any atom is 0.329 e. The number of carbonyl (C=O) groups is 1. The highest BCUT2D eigenvalue weighted by atomic mass is 16.5. The zero-order valence-electron chi connectivity index (χ0n) is 9.61. The van der Waals surface area contributed by atoms with Gasteiger partial charge in [0, 0.05) is 12.6 Å². The lowest BCUT2D eigenvalue weighted by Crippen LogP contribution is -2.41. The summed E-state index contributed by atoms with van der Waals surface area (Å²) in [6.45, 7) is 7.00. The van der Waals surface area contributed by atoms with Gasteiger partial charge in [0.1, 0.15) is 6.61 Å². The van der Waals surface area contributed by atoms with Crippen molar-refractivity contribution < 1.29 is 14.6 Å². The highest BCUT2D eigenvalue weighted by Crippen LogP contribution is 2.18. The van der Waals surface area contributed by atoms with Gasteiger partial charge >= 0.3 is 5.97 Å². The average Bonchev–Trinajstić information content (AvgIpc) is 2.17. The molecule has 0 aromatic rings. The quantitative estimate of drug-likeness (QED) is 0.749. The lowest BCUT2D eigenvalue weighted by molar-refractivity contribution is -0.142. The zero-order valence-corrected chi connectivity index (χ0v) is 9.61. The van der Waals surface area contributed by atoms with Gasteiger partial charge in [-0.1, -0.05) is 0 Å². The molecule has 0 saturated carbocycles. The molecule has 0 bridgehead atoms. The van der Waals surface area contributed by atoms with Crippen molar-refractivity contribution in [1.82, 2.24) is 4.90 Å². The number of carboxylic acids is 1. The predicted octanol–water partition coefficient (Wildman–Crippen LogP) is 1.21. The molecule has 1 rings (SSSR count). The van der Waals surface area contributed by atoms with Crippen molar-refractivity contribution in [3.8, 4) is 0 Å². The van der Waals surface area contributed by atoms with Gasteiger partial charge in [-0.25, -0.2) is 4.79 Å². The van der Waals surface area contributed by atoms with E-state index in [9.17, 15) is 4.79 Å². The SMILES string of the molecule is CC(C)N1CCC[C@H](COCC(=O)O)C1. The molecule has 1 N–H and O–H groups in total. The molecule has 0 unspecified atom stereocenters. The summed E-state index contributed by atoms with van der Waals surface area (Å²) in [5.41, 5.74) is 0. The van der Waals surface area contributed by atoms with Crippen molar-refractivity contribution in [3.63, 3.8) is 0 Å². The molecule has 1 aliphatic heterocycles. The summed E-state index contributed by atoms with van der Waals surface area (Å²) >= 11 is 0. The molecule has 1 heterocycles. The molecule has 4 heteroatoms. The van der Waals surface area contributed by atoms with Crippen molar-refractivity contribution in [1.29, 1.82) is 0 Å². The van der Waals surface area contributed by atoms with E-state index in [2.05, 4.69) is 18.7 Å². The normalized spacial score (nSPS) is 23.3. The van der Waals surface area contributed by atoms with Crippen LogP contribution in [0.1, 0.15) is 26.7 Å². The highest BCUT2D eigenvalue weighted by Gasteiger charge is 2.21. The fraction of sp³-hybridized carbons (Fsp3) is 0.909. The minimum Gasteiger partial charge on any atom is -0.480 e. The summed E-state index contributed by atoms with van der Waals surface area (Å²) < 4.78 is 5.14. The van der Waals surface area contributed by atoms with Crippen LogP contribution in [0.15, 0.2) is 0 Å². The van der Waals surface area contributed by atoms with Crippen LogP contribution in [0.2, 0.25) is 0 Å². The maximum absolute atomic E-state index is 10.3. The summed E-state index contributed by atoms with van der Waals surface area (Å²) in [5, 5.41) is 8.45. The Labute approximate surface area is 91.2 Å². The van der Waals surface area contributed by atoms with Crippen LogP contribution >= 0.6 is 0 Å². The molecular weight excluding hydrogens is 194 g/mol. The first-order chi connectivity index (χ1) is 7.09. The van der Waals surface area contributed by atoms with Gasteiger partial charge in [0.15, 0.2) is 0 Å². The number of hydrogen-bond donors (Lipinski definition) is 1. The molecule has 15 heavy (non-hydrogen) atoms. The first kappa shape index (κ1) is 12.5. The van der Waals surface area contributed by atoms with Crippen LogP contribution in [0.5, 0.6) is 0 Å². The van der Waals surface area contributed by atoms with Crippen LogP contribution in [0, 0.1) is 5.92 Å². The minimum absolute atomic E-state index is 0.168. The molecule has 0 aromatic heterocycles. The summed E-state index contributed by atoms with van der Waals surface area (Å²) in [4.78, 5) is 12.7. The number of piperidine rings is 1. The molecule has 0 radical (unpaired) electrons. The van der Waals surface area contributed by atoms with E-state index in [1.807, 2.05) is 0 Å². The highest BCUT2D eigenvalue weighted by molar-refractivity contribution is 5.67. The second-order valence-electron chi connectivity index (χ2n) is 4.51. The Morgan fingerprint density at radius 2 is 2.33 bits per heavy atom. The number of carboxylic acid groups (broad SMARTS) is 1. The summed E-state index contributed by atoms with van der Waals surface area (Å²) in [6.07, 6.45) is 2.35. The maximum atomic E-state index is 10.3. The summed E-state index contributed by atoms with van der Waals surface area (Å²) in [6, 6.07) is 0.576. The number of likely N-dealkylation sites (tertiary alicyclic amines) is 1. The number of hydrogen-bond acceptors (Lipinski definition) is 3. The van der Waals surface area contributed by atoms with E-state index in [1.165, 1.54) is 6.42 Å². The van der Waals surface area contributed by atoms with Crippen molar-refractivity contribution in [3.05, 3.63) is 0 Å². The molecule has 0 aromatic carbocycles. The standard InChI is InChI=1S/C11H21NO3/c1-9(2)12-5-3-4-10(6-12)7-15-8-11(13)14/h9-10H,3-8H2,1-2H3,(H,13,14)/t10-/m0/s1. The van der Waals surface area contributed by atoms with Gasteiger partial charge in [0.2, 0.25) is 0 Å². The van der Waals surface area contributed by atoms with Crippen LogP contribution in [-0.2, 0) is 9.53 Å². The van der Waals surface area contributed by atoms with Crippen LogP contribution in [0.3, 0.4) is 0 Å². The van der Waals surface area contributed by atoms with E-state index in [4.69, 9.17) is 9.84 Å². The average molecular weight is 215 g/mol. The molecule has 0 aliphatic carbocycles. The van der Waals surface area contributed by atoms with E-state index >= 15 is 0 Å². The molecule has 1 fully saturated rings. The molecule has 1 aliphatic rings. The number of ether oxygens (including phenoxy) is 1. The fourth-order valence-electron chi connectivity index (χ4n) is 2.02. The van der Waals surface area contributed by atoms with Crippen molar-refractivity contribution >= 4 is 5.97 Å². The predicted molar refractivity (Wildman–Crippen MR) is 57.9 cm³/mol. The second-order valence-corrected chi connectivity index (χ2v) is 4.51. The number of rotatable bonds is 5. The Balaban J connectivity index is 2.21. The fourth-order valence-corrected chi connectivity index (χ4v) is 2.02. The topological polar surface area (TPSA) is 49.8 Å². The Hall–Kier alpha value is -0.610. The van der Waals surface area contributed by atoms with Crippen LogP contribution in [0.4, 0.5) is 0 Å². The largest absolute Gasteiger partial charge is 0.480 e. The Bertz CT molecular complexity index is 206. The summed E-state index contributed by atoms with van der Waals surface area (Å²) in [5.74, 6) is -0.382. The van der Waals surface area contributed by atoms with Gasteiger partial charge in [0.05, 0.1) is 6.61 Å². The van der Waals surface area contributed by atoms with Crippen molar-refractivity contribution in [2.45, 2.75) is 32.7 Å². The second kappa shape index (κ2) is 6.08. The van der Waals surface area contributed by atoms with Crippen molar-refractivity contribution in [2.24, 2.45) is 5.92 Å². The molecule has 1 saturated heterocycles. The van der Waals surface area contributed by atoms with E-state index < -0.39 is 5.97 Å².